The minimum absolute atomic E-state index is 0.0436. The van der Waals surface area contributed by atoms with Gasteiger partial charge in [-0.05, 0) is 13.8 Å². The smallest absolute Gasteiger partial charge is 0.430 e. The number of phosphoric acid groups is 1. The molecule has 0 heterocycles. The van der Waals surface area contributed by atoms with E-state index in [9.17, 15) is 9.36 Å². The lowest BCUT2D eigenvalue weighted by molar-refractivity contribution is -0.169. The zero-order valence-corrected chi connectivity index (χ0v) is 14.8. The molecule has 6 nitrogen and oxygen atoms in total. The highest BCUT2D eigenvalue weighted by Gasteiger charge is 2.44. The van der Waals surface area contributed by atoms with Gasteiger partial charge in [-0.2, -0.15) is 0 Å². The quantitative estimate of drug-likeness (QED) is 0.277. The number of hydrogen-bond acceptors (Lipinski definition) is 6. The van der Waals surface area contributed by atoms with Crippen molar-refractivity contribution in [3.63, 3.8) is 0 Å². The number of phosphoric ester groups is 1. The Labute approximate surface area is 133 Å². The van der Waals surface area contributed by atoms with E-state index in [1.807, 2.05) is 0 Å². The highest BCUT2D eigenvalue weighted by molar-refractivity contribution is 7.48. The number of alkyl halides is 3. The van der Waals surface area contributed by atoms with Crippen molar-refractivity contribution in [2.24, 2.45) is 5.92 Å². The van der Waals surface area contributed by atoms with E-state index < -0.39 is 29.8 Å². The molecular weight excluding hydrogens is 353 g/mol. The molecule has 1 atom stereocenters. The van der Waals surface area contributed by atoms with Crippen LogP contribution in [0, 0.1) is 5.92 Å². The fraction of sp³-hybridized carbons (Fsp3) is 0.900. The molecule has 0 aliphatic rings. The number of hydrogen-bond donors (Lipinski definition) is 0. The molecule has 120 valence electrons. The molecule has 0 aromatic heterocycles. The number of ether oxygens (including phenoxy) is 1. The molecule has 0 N–H and O–H groups in total. The van der Waals surface area contributed by atoms with Crippen LogP contribution in [0.5, 0.6) is 0 Å². The molecule has 0 aromatic rings. The second-order valence-electron chi connectivity index (χ2n) is 3.85. The fourth-order valence-electron chi connectivity index (χ4n) is 0.921. The monoisotopic (exact) mass is 370 g/mol. The Morgan fingerprint density at radius 3 is 1.90 bits per heavy atom. The first kappa shape index (κ1) is 20.5. The number of halogens is 3. The zero-order valence-electron chi connectivity index (χ0n) is 11.6. The Balaban J connectivity index is 5.05. The third-order valence-electron chi connectivity index (χ3n) is 1.76. The Morgan fingerprint density at radius 1 is 1.15 bits per heavy atom. The lowest BCUT2D eigenvalue weighted by Crippen LogP contribution is -2.35. The molecule has 0 fully saturated rings. The van der Waals surface area contributed by atoms with E-state index in [1.165, 1.54) is 0 Å². The lowest BCUT2D eigenvalue weighted by Gasteiger charge is -2.27. The van der Waals surface area contributed by atoms with Crippen LogP contribution in [0.2, 0.25) is 0 Å². The number of rotatable bonds is 8. The van der Waals surface area contributed by atoms with Crippen LogP contribution >= 0.6 is 42.6 Å². The summed E-state index contributed by atoms with van der Waals surface area (Å²) in [6.07, 6.45) is -1.72. The van der Waals surface area contributed by atoms with Crippen LogP contribution in [0.15, 0.2) is 0 Å². The van der Waals surface area contributed by atoms with Crippen molar-refractivity contribution in [3.05, 3.63) is 0 Å². The first-order valence-electron chi connectivity index (χ1n) is 5.90. The third kappa shape index (κ3) is 7.46. The Hall–Kier alpha value is 0.450. The maximum atomic E-state index is 12.2. The van der Waals surface area contributed by atoms with E-state index in [0.717, 1.165) is 0 Å². The van der Waals surface area contributed by atoms with Gasteiger partial charge < -0.3 is 4.74 Å². The summed E-state index contributed by atoms with van der Waals surface area (Å²) in [5.74, 6) is -1.16. The SMILES string of the molecule is CCOP(=O)(OCC)OC(OC(=O)C(C)C)C(Cl)(Cl)Cl. The van der Waals surface area contributed by atoms with E-state index in [1.54, 1.807) is 27.7 Å². The van der Waals surface area contributed by atoms with Crippen LogP contribution in [0.4, 0.5) is 0 Å². The molecule has 0 aliphatic heterocycles. The van der Waals surface area contributed by atoms with Gasteiger partial charge in [0.25, 0.3) is 10.1 Å². The second kappa shape index (κ2) is 8.79. The molecule has 20 heavy (non-hydrogen) atoms. The molecule has 1 unspecified atom stereocenters. The molecular formula is C10H18Cl3O6P. The van der Waals surface area contributed by atoms with Crippen molar-refractivity contribution in [3.8, 4) is 0 Å². The topological polar surface area (TPSA) is 71.1 Å². The van der Waals surface area contributed by atoms with Gasteiger partial charge in [-0.15, -0.1) is 0 Å². The Morgan fingerprint density at radius 2 is 1.60 bits per heavy atom. The fourth-order valence-corrected chi connectivity index (χ4v) is 2.64. The largest absolute Gasteiger partial charge is 0.478 e. The van der Waals surface area contributed by atoms with Crippen LogP contribution in [-0.4, -0.2) is 29.3 Å². The van der Waals surface area contributed by atoms with Gasteiger partial charge in [0, 0.05) is 0 Å². The average molecular weight is 372 g/mol. The van der Waals surface area contributed by atoms with Gasteiger partial charge in [0.15, 0.2) is 0 Å². The molecule has 0 saturated carbocycles. The summed E-state index contributed by atoms with van der Waals surface area (Å²) < 4.78 is 29.7. The van der Waals surface area contributed by atoms with E-state index in [4.69, 9.17) is 53.1 Å². The lowest BCUT2D eigenvalue weighted by atomic mass is 10.2. The summed E-state index contributed by atoms with van der Waals surface area (Å²) in [4.78, 5) is 11.6. The summed E-state index contributed by atoms with van der Waals surface area (Å²) in [6.45, 7) is 6.42. The van der Waals surface area contributed by atoms with E-state index >= 15 is 0 Å². The van der Waals surface area contributed by atoms with Crippen molar-refractivity contribution in [2.45, 2.75) is 37.8 Å². The highest BCUT2D eigenvalue weighted by atomic mass is 35.6. The maximum absolute atomic E-state index is 12.2. The molecule has 0 aromatic carbocycles. The molecule has 10 heteroatoms. The number of carbonyl (C=O) groups excluding carboxylic acids is 1. The van der Waals surface area contributed by atoms with Gasteiger partial charge in [-0.3, -0.25) is 13.8 Å². The van der Waals surface area contributed by atoms with Crippen molar-refractivity contribution in [2.75, 3.05) is 13.2 Å². The van der Waals surface area contributed by atoms with Crippen LogP contribution in [-0.2, 0) is 27.7 Å². The standard InChI is InChI=1S/C10H18Cl3O6P/c1-5-16-20(15,17-6-2)19-9(10(11,12)13)18-8(14)7(3)4/h7,9H,5-6H2,1-4H3. The molecule has 0 aliphatic carbocycles. The van der Waals surface area contributed by atoms with Crippen LogP contribution in [0.1, 0.15) is 27.7 Å². The van der Waals surface area contributed by atoms with Gasteiger partial charge in [-0.25, -0.2) is 9.09 Å². The normalized spacial score (nSPS) is 14.4. The maximum Gasteiger partial charge on any atom is 0.478 e. The van der Waals surface area contributed by atoms with Crippen molar-refractivity contribution in [1.29, 1.82) is 0 Å². The minimum Gasteiger partial charge on any atom is -0.430 e. The van der Waals surface area contributed by atoms with Gasteiger partial charge >= 0.3 is 13.8 Å². The predicted molar refractivity (Wildman–Crippen MR) is 77.0 cm³/mol. The first-order valence-corrected chi connectivity index (χ1v) is 8.49. The average Bonchev–Trinajstić information content (AvgIpc) is 2.27. The van der Waals surface area contributed by atoms with E-state index in [2.05, 4.69) is 0 Å². The summed E-state index contributed by atoms with van der Waals surface area (Å²) in [5.41, 5.74) is 0. The van der Waals surface area contributed by atoms with E-state index in [0.29, 0.717) is 0 Å². The molecule has 0 saturated heterocycles. The summed E-state index contributed by atoms with van der Waals surface area (Å²) in [6, 6.07) is 0. The first-order chi connectivity index (χ1) is 9.05. The number of esters is 1. The second-order valence-corrected chi connectivity index (χ2v) is 7.84. The van der Waals surface area contributed by atoms with Crippen LogP contribution < -0.4 is 0 Å². The summed E-state index contributed by atoms with van der Waals surface area (Å²) in [5, 5.41) is 0. The Kier molecular flexibility index (Phi) is 8.98. The van der Waals surface area contributed by atoms with Crippen LogP contribution in [0.3, 0.4) is 0 Å². The van der Waals surface area contributed by atoms with Gasteiger partial charge in [0.05, 0.1) is 19.1 Å². The summed E-state index contributed by atoms with van der Waals surface area (Å²) in [7, 11) is -3.99. The Bertz CT molecular complexity index is 347. The minimum atomic E-state index is -3.99. The highest BCUT2D eigenvalue weighted by Crippen LogP contribution is 2.53. The van der Waals surface area contributed by atoms with Gasteiger partial charge in [0.1, 0.15) is 0 Å². The molecule has 0 spiro atoms. The van der Waals surface area contributed by atoms with Gasteiger partial charge in [-0.1, -0.05) is 48.7 Å². The molecule has 0 bridgehead atoms. The number of carbonyl (C=O) groups is 1. The molecule has 0 radical (unpaired) electrons. The van der Waals surface area contributed by atoms with Crippen molar-refractivity contribution >= 4 is 48.6 Å². The summed E-state index contributed by atoms with van der Waals surface area (Å²) >= 11 is 17.0. The molecule has 0 amide bonds. The molecule has 0 rings (SSSR count). The van der Waals surface area contributed by atoms with Gasteiger partial charge in [0.2, 0.25) is 0 Å². The van der Waals surface area contributed by atoms with Crippen molar-refractivity contribution < 1.29 is 27.7 Å². The predicted octanol–water partition coefficient (Wildman–Crippen LogP) is 4.08. The van der Waals surface area contributed by atoms with Crippen molar-refractivity contribution in [1.82, 2.24) is 0 Å². The zero-order chi connectivity index (χ0) is 16.0. The van der Waals surface area contributed by atoms with Crippen LogP contribution in [0.25, 0.3) is 0 Å². The van der Waals surface area contributed by atoms with E-state index in [-0.39, 0.29) is 13.2 Å². The third-order valence-corrected chi connectivity index (χ3v) is 3.89.